The Morgan fingerprint density at radius 3 is 2.21 bits per heavy atom. The highest BCUT2D eigenvalue weighted by Gasteiger charge is 1.98. The zero-order chi connectivity index (χ0) is 13.9. The Kier molecular flexibility index (Phi) is 7.97. The molecule has 0 aliphatic rings. The van der Waals surface area contributed by atoms with Crippen molar-refractivity contribution in [2.75, 3.05) is 0 Å². The Hall–Kier alpha value is -1.30. The monoisotopic (exact) mass is 256 g/mol. The van der Waals surface area contributed by atoms with Gasteiger partial charge in [-0.3, -0.25) is 0 Å². The van der Waals surface area contributed by atoms with E-state index in [2.05, 4.69) is 63.3 Å². The minimum atomic E-state index is 1.09. The molecule has 0 aliphatic heterocycles. The van der Waals surface area contributed by atoms with E-state index in [0.717, 1.165) is 6.42 Å². The Labute approximate surface area is 119 Å². The smallest absolute Gasteiger partial charge is 0.0225 e. The van der Waals surface area contributed by atoms with Gasteiger partial charge >= 0.3 is 0 Å². The SMILES string of the molecule is CCCCC/C(=C/C=C(\CC)c1ccccc1)CC. The minimum absolute atomic E-state index is 1.09. The van der Waals surface area contributed by atoms with Crippen LogP contribution in [0.2, 0.25) is 0 Å². The quantitative estimate of drug-likeness (QED) is 0.373. The van der Waals surface area contributed by atoms with Crippen molar-refractivity contribution in [3.8, 4) is 0 Å². The molecule has 0 unspecified atom stereocenters. The second-order valence-electron chi connectivity index (χ2n) is 5.05. The van der Waals surface area contributed by atoms with Crippen LogP contribution >= 0.6 is 0 Å². The van der Waals surface area contributed by atoms with Gasteiger partial charge in [0.25, 0.3) is 0 Å². The van der Waals surface area contributed by atoms with Crippen LogP contribution in [0.5, 0.6) is 0 Å². The molecule has 0 aromatic heterocycles. The van der Waals surface area contributed by atoms with Crippen LogP contribution in [0.1, 0.15) is 64.9 Å². The van der Waals surface area contributed by atoms with Crippen LogP contribution in [0.25, 0.3) is 5.57 Å². The Morgan fingerprint density at radius 2 is 1.63 bits per heavy atom. The van der Waals surface area contributed by atoms with Crippen LogP contribution in [0, 0.1) is 0 Å². The van der Waals surface area contributed by atoms with Gasteiger partial charge in [-0.05, 0) is 36.8 Å². The Morgan fingerprint density at radius 1 is 0.895 bits per heavy atom. The van der Waals surface area contributed by atoms with Crippen molar-refractivity contribution < 1.29 is 0 Å². The lowest BCUT2D eigenvalue weighted by Gasteiger charge is -2.06. The fraction of sp³-hybridized carbons (Fsp3) is 0.474. The maximum absolute atomic E-state index is 2.35. The molecule has 0 nitrogen and oxygen atoms in total. The summed E-state index contributed by atoms with van der Waals surface area (Å²) < 4.78 is 0. The highest BCUT2D eigenvalue weighted by atomic mass is 14.0. The van der Waals surface area contributed by atoms with Crippen molar-refractivity contribution in [1.29, 1.82) is 0 Å². The molecule has 0 spiro atoms. The second kappa shape index (κ2) is 9.61. The molecule has 0 bridgehead atoms. The molecule has 104 valence electrons. The summed E-state index contributed by atoms with van der Waals surface area (Å²) in [5, 5.41) is 0. The van der Waals surface area contributed by atoms with Crippen LogP contribution < -0.4 is 0 Å². The van der Waals surface area contributed by atoms with E-state index in [1.807, 2.05) is 0 Å². The first-order valence-electron chi connectivity index (χ1n) is 7.75. The maximum Gasteiger partial charge on any atom is -0.0225 e. The van der Waals surface area contributed by atoms with Gasteiger partial charge in [0.1, 0.15) is 0 Å². The normalized spacial score (nSPS) is 12.8. The van der Waals surface area contributed by atoms with Crippen LogP contribution in [0.4, 0.5) is 0 Å². The molecular weight excluding hydrogens is 228 g/mol. The lowest BCUT2D eigenvalue weighted by molar-refractivity contribution is 0.702. The third-order valence-corrected chi connectivity index (χ3v) is 3.60. The van der Waals surface area contributed by atoms with Crippen molar-refractivity contribution in [2.24, 2.45) is 0 Å². The third-order valence-electron chi connectivity index (χ3n) is 3.60. The molecule has 0 saturated heterocycles. The predicted molar refractivity (Wildman–Crippen MR) is 87.2 cm³/mol. The van der Waals surface area contributed by atoms with E-state index in [9.17, 15) is 0 Å². The summed E-state index contributed by atoms with van der Waals surface area (Å²) in [5.74, 6) is 0. The van der Waals surface area contributed by atoms with Gasteiger partial charge in [0.05, 0.1) is 0 Å². The van der Waals surface area contributed by atoms with Crippen molar-refractivity contribution >= 4 is 5.57 Å². The zero-order valence-electron chi connectivity index (χ0n) is 12.8. The van der Waals surface area contributed by atoms with Crippen molar-refractivity contribution in [3.05, 3.63) is 53.6 Å². The van der Waals surface area contributed by atoms with E-state index < -0.39 is 0 Å². The molecular formula is C19H28. The highest BCUT2D eigenvalue weighted by molar-refractivity contribution is 5.66. The van der Waals surface area contributed by atoms with Gasteiger partial charge in [0.2, 0.25) is 0 Å². The van der Waals surface area contributed by atoms with Crippen LogP contribution in [0.15, 0.2) is 48.1 Å². The molecule has 0 N–H and O–H groups in total. The van der Waals surface area contributed by atoms with Gasteiger partial charge in [-0.1, -0.05) is 81.7 Å². The molecule has 0 atom stereocenters. The van der Waals surface area contributed by atoms with E-state index in [1.54, 1.807) is 5.57 Å². The molecule has 1 aromatic carbocycles. The summed E-state index contributed by atoms with van der Waals surface area (Å²) >= 11 is 0. The molecule has 1 aromatic rings. The summed E-state index contributed by atoms with van der Waals surface area (Å²) in [4.78, 5) is 0. The lowest BCUT2D eigenvalue weighted by Crippen LogP contribution is -1.84. The molecule has 0 amide bonds. The molecule has 0 heterocycles. The van der Waals surface area contributed by atoms with Gasteiger partial charge in [-0.2, -0.15) is 0 Å². The van der Waals surface area contributed by atoms with E-state index in [-0.39, 0.29) is 0 Å². The average Bonchev–Trinajstić information content (AvgIpc) is 2.47. The van der Waals surface area contributed by atoms with E-state index in [0.29, 0.717) is 0 Å². The summed E-state index contributed by atoms with van der Waals surface area (Å²) in [7, 11) is 0. The average molecular weight is 256 g/mol. The first kappa shape index (κ1) is 15.8. The van der Waals surface area contributed by atoms with Gasteiger partial charge in [-0.25, -0.2) is 0 Å². The number of rotatable bonds is 8. The van der Waals surface area contributed by atoms with Crippen LogP contribution in [0.3, 0.4) is 0 Å². The Balaban J connectivity index is 2.73. The molecule has 0 heteroatoms. The summed E-state index contributed by atoms with van der Waals surface area (Å²) in [5.41, 5.74) is 4.36. The second-order valence-corrected chi connectivity index (χ2v) is 5.05. The topological polar surface area (TPSA) is 0 Å². The first-order valence-corrected chi connectivity index (χ1v) is 7.75. The molecule has 0 radical (unpaired) electrons. The van der Waals surface area contributed by atoms with Gasteiger partial charge in [0.15, 0.2) is 0 Å². The number of allylic oxidation sites excluding steroid dienone is 4. The first-order chi connectivity index (χ1) is 9.31. The fourth-order valence-electron chi connectivity index (χ4n) is 2.27. The number of unbranched alkanes of at least 4 members (excludes halogenated alkanes) is 2. The van der Waals surface area contributed by atoms with Gasteiger partial charge in [0, 0.05) is 0 Å². The number of hydrogen-bond donors (Lipinski definition) is 0. The molecule has 0 saturated carbocycles. The number of benzene rings is 1. The fourth-order valence-corrected chi connectivity index (χ4v) is 2.27. The molecule has 0 fully saturated rings. The summed E-state index contributed by atoms with van der Waals surface area (Å²) in [6, 6.07) is 10.7. The minimum Gasteiger partial charge on any atom is -0.0705 e. The van der Waals surface area contributed by atoms with Gasteiger partial charge < -0.3 is 0 Å². The largest absolute Gasteiger partial charge is 0.0705 e. The predicted octanol–water partition coefficient (Wildman–Crippen LogP) is 6.40. The third kappa shape index (κ3) is 5.92. The summed E-state index contributed by atoms with van der Waals surface area (Å²) in [6.45, 7) is 6.76. The number of hydrogen-bond acceptors (Lipinski definition) is 0. The van der Waals surface area contributed by atoms with Gasteiger partial charge in [-0.15, -0.1) is 0 Å². The van der Waals surface area contributed by atoms with Crippen LogP contribution in [-0.4, -0.2) is 0 Å². The van der Waals surface area contributed by atoms with Crippen molar-refractivity contribution in [2.45, 2.75) is 59.3 Å². The van der Waals surface area contributed by atoms with E-state index in [1.165, 1.54) is 43.2 Å². The summed E-state index contributed by atoms with van der Waals surface area (Å²) in [6.07, 6.45) is 12.2. The Bertz CT molecular complexity index is 395. The van der Waals surface area contributed by atoms with E-state index in [4.69, 9.17) is 0 Å². The molecule has 19 heavy (non-hydrogen) atoms. The van der Waals surface area contributed by atoms with Crippen molar-refractivity contribution in [1.82, 2.24) is 0 Å². The van der Waals surface area contributed by atoms with E-state index >= 15 is 0 Å². The van der Waals surface area contributed by atoms with Crippen molar-refractivity contribution in [3.63, 3.8) is 0 Å². The highest BCUT2D eigenvalue weighted by Crippen LogP contribution is 2.19. The zero-order valence-corrected chi connectivity index (χ0v) is 12.8. The molecule has 0 aliphatic carbocycles. The maximum atomic E-state index is 2.35. The van der Waals surface area contributed by atoms with Crippen LogP contribution in [-0.2, 0) is 0 Å². The lowest BCUT2D eigenvalue weighted by atomic mass is 10.0. The molecule has 1 rings (SSSR count). The standard InChI is InChI=1S/C19H28/c1-4-7-9-12-17(5-2)15-16-18(6-3)19-13-10-8-11-14-19/h8,10-11,13-16H,4-7,9,12H2,1-3H3/b17-15+,18-16+.